The van der Waals surface area contributed by atoms with E-state index in [2.05, 4.69) is 27.0 Å². The second kappa shape index (κ2) is 11.0. The lowest BCUT2D eigenvalue weighted by Crippen LogP contribution is -2.09. The minimum absolute atomic E-state index is 0.00666. The first-order valence-electron chi connectivity index (χ1n) is 7.39. The Hall–Kier alpha value is -0.890. The maximum atomic E-state index is 11.2. The summed E-state index contributed by atoms with van der Waals surface area (Å²) in [6, 6.07) is 0. The number of unbranched alkanes of at least 4 members (excludes halogenated alkanes) is 4. The first kappa shape index (κ1) is 18.1. The Morgan fingerprint density at radius 2 is 1.63 bits per heavy atom. The molecule has 0 saturated heterocycles. The Morgan fingerprint density at radius 3 is 2.21 bits per heavy atom. The Balaban J connectivity index is 3.26. The third-order valence-electron chi connectivity index (χ3n) is 3.31. The molecule has 0 unspecified atom stereocenters. The van der Waals surface area contributed by atoms with Crippen LogP contribution in [-0.4, -0.2) is 19.0 Å². The molecule has 0 aliphatic heterocycles. The molecule has 0 aliphatic rings. The molecule has 110 valence electrons. The van der Waals surface area contributed by atoms with Crippen molar-refractivity contribution >= 4 is 5.78 Å². The van der Waals surface area contributed by atoms with Crippen molar-refractivity contribution in [1.82, 2.24) is 0 Å². The predicted octanol–water partition coefficient (Wildman–Crippen LogP) is 4.70. The molecule has 0 aliphatic carbocycles. The van der Waals surface area contributed by atoms with Crippen LogP contribution in [0.25, 0.3) is 0 Å². The van der Waals surface area contributed by atoms with Crippen molar-refractivity contribution in [2.24, 2.45) is 5.92 Å². The van der Waals surface area contributed by atoms with Crippen molar-refractivity contribution in [3.63, 3.8) is 0 Å². The van der Waals surface area contributed by atoms with Gasteiger partial charge in [-0.2, -0.15) is 0 Å². The smallest absolute Gasteiger partial charge is 0.183 e. The molecule has 0 atom stereocenters. The van der Waals surface area contributed by atoms with Crippen molar-refractivity contribution in [3.05, 3.63) is 24.3 Å². The first-order chi connectivity index (χ1) is 8.95. The number of carbonyl (C=O) groups is 1. The summed E-state index contributed by atoms with van der Waals surface area (Å²) in [6.07, 6.45) is 7.11. The molecular formula is C17H30O2. The lowest BCUT2D eigenvalue weighted by Gasteiger charge is -2.08. The van der Waals surface area contributed by atoms with Crippen molar-refractivity contribution in [3.8, 4) is 0 Å². The highest BCUT2D eigenvalue weighted by Gasteiger charge is 2.02. The predicted molar refractivity (Wildman–Crippen MR) is 82.3 cm³/mol. The molecule has 0 aromatic heterocycles. The number of allylic oxidation sites excluding steroid dienone is 1. The van der Waals surface area contributed by atoms with E-state index in [1.807, 2.05) is 0 Å². The fourth-order valence-electron chi connectivity index (χ4n) is 1.66. The zero-order valence-electron chi connectivity index (χ0n) is 13.0. The molecule has 0 N–H and O–H groups in total. The number of ketones is 1. The van der Waals surface area contributed by atoms with Gasteiger partial charge in [0, 0.05) is 6.61 Å². The molecule has 0 aromatic rings. The van der Waals surface area contributed by atoms with Gasteiger partial charge in [-0.1, -0.05) is 51.8 Å². The zero-order chi connectivity index (χ0) is 14.7. The van der Waals surface area contributed by atoms with E-state index in [-0.39, 0.29) is 12.4 Å². The molecule has 0 radical (unpaired) electrons. The standard InChI is InChI=1S/C17H30O2/c1-14(2)16(5)11-9-7-6-8-10-12-19-13-17(18)15(3)4/h14H,3,5-13H2,1-2,4H3. The van der Waals surface area contributed by atoms with E-state index in [0.29, 0.717) is 18.1 Å². The molecule has 2 nitrogen and oxygen atoms in total. The van der Waals surface area contributed by atoms with E-state index in [4.69, 9.17) is 4.74 Å². The molecule has 0 amide bonds. The first-order valence-corrected chi connectivity index (χ1v) is 7.39. The third-order valence-corrected chi connectivity index (χ3v) is 3.31. The van der Waals surface area contributed by atoms with Crippen LogP contribution in [0.4, 0.5) is 0 Å². The Kier molecular flexibility index (Phi) is 10.5. The minimum atomic E-state index is 0.00666. The van der Waals surface area contributed by atoms with Crippen LogP contribution in [0.5, 0.6) is 0 Å². The van der Waals surface area contributed by atoms with Gasteiger partial charge in [0.25, 0.3) is 0 Å². The summed E-state index contributed by atoms with van der Waals surface area (Å²) in [4.78, 5) is 11.2. The SMILES string of the molecule is C=C(C)C(=O)COCCCCCCCC(=C)C(C)C. The van der Waals surface area contributed by atoms with Crippen LogP contribution >= 0.6 is 0 Å². The summed E-state index contributed by atoms with van der Waals surface area (Å²) in [7, 11) is 0. The average Bonchev–Trinajstić information content (AvgIpc) is 2.35. The molecule has 0 spiro atoms. The largest absolute Gasteiger partial charge is 0.373 e. The minimum Gasteiger partial charge on any atom is -0.373 e. The van der Waals surface area contributed by atoms with Gasteiger partial charge in [0.05, 0.1) is 0 Å². The van der Waals surface area contributed by atoms with Crippen LogP contribution in [0, 0.1) is 5.92 Å². The van der Waals surface area contributed by atoms with E-state index in [1.54, 1.807) is 6.92 Å². The van der Waals surface area contributed by atoms with Crippen LogP contribution in [0.3, 0.4) is 0 Å². The summed E-state index contributed by atoms with van der Waals surface area (Å²) in [5.74, 6) is 0.617. The van der Waals surface area contributed by atoms with Gasteiger partial charge in [0.1, 0.15) is 6.61 Å². The number of Topliss-reactive ketones (excluding diaryl/α,β-unsaturated/α-hetero) is 1. The summed E-state index contributed by atoms with van der Waals surface area (Å²) in [5.41, 5.74) is 1.94. The van der Waals surface area contributed by atoms with Crippen LogP contribution < -0.4 is 0 Å². The Morgan fingerprint density at radius 1 is 1.05 bits per heavy atom. The fraction of sp³-hybridized carbons (Fsp3) is 0.706. The summed E-state index contributed by atoms with van der Waals surface area (Å²) < 4.78 is 5.31. The van der Waals surface area contributed by atoms with Gasteiger partial charge in [0.15, 0.2) is 5.78 Å². The van der Waals surface area contributed by atoms with E-state index < -0.39 is 0 Å². The van der Waals surface area contributed by atoms with Gasteiger partial charge in [-0.25, -0.2) is 0 Å². The quantitative estimate of drug-likeness (QED) is 0.291. The molecule has 0 heterocycles. The Bertz CT molecular complexity index is 290. The molecule has 2 heteroatoms. The van der Waals surface area contributed by atoms with Crippen LogP contribution in [-0.2, 0) is 9.53 Å². The highest BCUT2D eigenvalue weighted by Crippen LogP contribution is 2.16. The number of hydrogen-bond acceptors (Lipinski definition) is 2. The summed E-state index contributed by atoms with van der Waals surface area (Å²) in [6.45, 7) is 14.7. The highest BCUT2D eigenvalue weighted by atomic mass is 16.5. The number of carbonyl (C=O) groups excluding carboxylic acids is 1. The van der Waals surface area contributed by atoms with E-state index in [0.717, 1.165) is 12.8 Å². The number of ether oxygens (including phenoxy) is 1. The molecular weight excluding hydrogens is 236 g/mol. The van der Waals surface area contributed by atoms with Gasteiger partial charge in [-0.15, -0.1) is 0 Å². The van der Waals surface area contributed by atoms with Crippen molar-refractivity contribution in [2.75, 3.05) is 13.2 Å². The lowest BCUT2D eigenvalue weighted by molar-refractivity contribution is -0.119. The van der Waals surface area contributed by atoms with E-state index in [1.165, 1.54) is 31.3 Å². The summed E-state index contributed by atoms with van der Waals surface area (Å²) in [5, 5.41) is 0. The highest BCUT2D eigenvalue weighted by molar-refractivity contribution is 5.95. The zero-order valence-corrected chi connectivity index (χ0v) is 13.0. The second-order valence-corrected chi connectivity index (χ2v) is 5.59. The van der Waals surface area contributed by atoms with Gasteiger partial charge in [-0.3, -0.25) is 4.79 Å². The Labute approximate surface area is 118 Å². The molecule has 0 bridgehead atoms. The molecule has 19 heavy (non-hydrogen) atoms. The molecule has 0 fully saturated rings. The normalized spacial score (nSPS) is 10.7. The van der Waals surface area contributed by atoms with E-state index >= 15 is 0 Å². The van der Waals surface area contributed by atoms with Gasteiger partial charge < -0.3 is 4.74 Å². The van der Waals surface area contributed by atoms with E-state index in [9.17, 15) is 4.79 Å². The van der Waals surface area contributed by atoms with Gasteiger partial charge in [-0.05, 0) is 37.7 Å². The molecule has 0 saturated carbocycles. The fourth-order valence-corrected chi connectivity index (χ4v) is 1.66. The van der Waals surface area contributed by atoms with Crippen LogP contribution in [0.1, 0.15) is 59.3 Å². The molecule has 0 rings (SSSR count). The van der Waals surface area contributed by atoms with Crippen LogP contribution in [0.2, 0.25) is 0 Å². The number of rotatable bonds is 12. The lowest BCUT2D eigenvalue weighted by atomic mass is 9.98. The van der Waals surface area contributed by atoms with Crippen molar-refractivity contribution in [1.29, 1.82) is 0 Å². The maximum absolute atomic E-state index is 11.2. The monoisotopic (exact) mass is 266 g/mol. The maximum Gasteiger partial charge on any atom is 0.183 e. The second-order valence-electron chi connectivity index (χ2n) is 5.59. The summed E-state index contributed by atoms with van der Waals surface area (Å²) >= 11 is 0. The van der Waals surface area contributed by atoms with Crippen molar-refractivity contribution in [2.45, 2.75) is 59.3 Å². The third kappa shape index (κ3) is 10.7. The van der Waals surface area contributed by atoms with Gasteiger partial charge in [0.2, 0.25) is 0 Å². The topological polar surface area (TPSA) is 26.3 Å². The number of hydrogen-bond donors (Lipinski definition) is 0. The van der Waals surface area contributed by atoms with Crippen molar-refractivity contribution < 1.29 is 9.53 Å². The average molecular weight is 266 g/mol. The molecule has 0 aromatic carbocycles. The van der Waals surface area contributed by atoms with Crippen LogP contribution in [0.15, 0.2) is 24.3 Å². The van der Waals surface area contributed by atoms with Gasteiger partial charge >= 0.3 is 0 Å².